The molecular weight excluding hydrogens is 174 g/mol. The molecule has 0 fully saturated rings. The average molecular weight is 199 g/mol. The van der Waals surface area contributed by atoms with Gasteiger partial charge in [0.2, 0.25) is 0 Å². The molecule has 1 N–H and O–H groups in total. The molecule has 1 atom stereocenters. The monoisotopic (exact) mass is 199 g/mol. The van der Waals surface area contributed by atoms with E-state index < -0.39 is 0 Å². The molecule has 0 bridgehead atoms. The van der Waals surface area contributed by atoms with Crippen molar-refractivity contribution in [1.82, 2.24) is 5.32 Å². The number of nitrogens with one attached hydrogen (secondary N) is 1. The molecular formula is C12H25NO. The Hall–Kier alpha value is -0.370. The molecule has 0 aromatic heterocycles. The SMILES string of the molecule is CCCC(C)C(=O)CCCNC(C)C. The van der Waals surface area contributed by atoms with Crippen LogP contribution < -0.4 is 5.32 Å². The first-order chi connectivity index (χ1) is 6.57. The second-order valence-corrected chi connectivity index (χ2v) is 4.37. The van der Waals surface area contributed by atoms with Crippen LogP contribution in [-0.2, 0) is 4.79 Å². The molecule has 2 heteroatoms. The van der Waals surface area contributed by atoms with Gasteiger partial charge in [0.15, 0.2) is 0 Å². The molecule has 0 heterocycles. The van der Waals surface area contributed by atoms with Crippen molar-refractivity contribution in [2.24, 2.45) is 5.92 Å². The van der Waals surface area contributed by atoms with Crippen LogP contribution in [0.25, 0.3) is 0 Å². The van der Waals surface area contributed by atoms with Crippen LogP contribution in [0.4, 0.5) is 0 Å². The van der Waals surface area contributed by atoms with Gasteiger partial charge in [-0.05, 0) is 19.4 Å². The smallest absolute Gasteiger partial charge is 0.135 e. The molecule has 0 rings (SSSR count). The Bertz CT molecular complexity index is 154. The summed E-state index contributed by atoms with van der Waals surface area (Å²) in [5.41, 5.74) is 0. The third-order valence-electron chi connectivity index (χ3n) is 2.42. The van der Waals surface area contributed by atoms with Gasteiger partial charge < -0.3 is 5.32 Å². The van der Waals surface area contributed by atoms with Crippen LogP contribution >= 0.6 is 0 Å². The van der Waals surface area contributed by atoms with Crippen LogP contribution in [0.15, 0.2) is 0 Å². The Kier molecular flexibility index (Phi) is 7.77. The van der Waals surface area contributed by atoms with Gasteiger partial charge in [-0.25, -0.2) is 0 Å². The van der Waals surface area contributed by atoms with E-state index in [-0.39, 0.29) is 5.92 Å². The number of ketones is 1. The topological polar surface area (TPSA) is 29.1 Å². The van der Waals surface area contributed by atoms with Crippen molar-refractivity contribution >= 4 is 5.78 Å². The second kappa shape index (κ2) is 7.98. The molecule has 14 heavy (non-hydrogen) atoms. The van der Waals surface area contributed by atoms with Crippen molar-refractivity contribution in [2.45, 2.75) is 59.4 Å². The molecule has 0 radical (unpaired) electrons. The third kappa shape index (κ3) is 7.07. The maximum Gasteiger partial charge on any atom is 0.135 e. The van der Waals surface area contributed by atoms with E-state index in [0.29, 0.717) is 11.8 Å². The van der Waals surface area contributed by atoms with E-state index >= 15 is 0 Å². The molecule has 0 aromatic rings. The van der Waals surface area contributed by atoms with Crippen molar-refractivity contribution in [3.8, 4) is 0 Å². The lowest BCUT2D eigenvalue weighted by Gasteiger charge is -2.10. The molecule has 1 unspecified atom stereocenters. The minimum Gasteiger partial charge on any atom is -0.315 e. The van der Waals surface area contributed by atoms with Crippen LogP contribution in [0.5, 0.6) is 0 Å². The largest absolute Gasteiger partial charge is 0.315 e. The quantitative estimate of drug-likeness (QED) is 0.609. The average Bonchev–Trinajstić information content (AvgIpc) is 2.12. The van der Waals surface area contributed by atoms with Crippen LogP contribution in [0, 0.1) is 5.92 Å². The molecule has 0 amide bonds. The van der Waals surface area contributed by atoms with E-state index in [1.165, 1.54) is 0 Å². The summed E-state index contributed by atoms with van der Waals surface area (Å²) in [6.07, 6.45) is 3.86. The Morgan fingerprint density at radius 2 is 1.93 bits per heavy atom. The molecule has 84 valence electrons. The molecule has 0 aliphatic carbocycles. The predicted molar refractivity (Wildman–Crippen MR) is 61.5 cm³/mol. The minimum atomic E-state index is 0.263. The Morgan fingerprint density at radius 1 is 1.29 bits per heavy atom. The number of carbonyl (C=O) groups excluding carboxylic acids is 1. The normalized spacial score (nSPS) is 13.2. The fourth-order valence-electron chi connectivity index (χ4n) is 1.49. The van der Waals surface area contributed by atoms with Crippen LogP contribution in [0.2, 0.25) is 0 Å². The molecule has 0 saturated heterocycles. The summed E-state index contributed by atoms with van der Waals surface area (Å²) >= 11 is 0. The first kappa shape index (κ1) is 13.6. The molecule has 0 aliphatic rings. The van der Waals surface area contributed by atoms with Crippen LogP contribution in [0.1, 0.15) is 53.4 Å². The van der Waals surface area contributed by atoms with Gasteiger partial charge in [-0.15, -0.1) is 0 Å². The zero-order valence-corrected chi connectivity index (χ0v) is 10.1. The summed E-state index contributed by atoms with van der Waals surface area (Å²) in [7, 11) is 0. The van der Waals surface area contributed by atoms with Gasteiger partial charge in [0, 0.05) is 18.4 Å². The number of hydrogen-bond acceptors (Lipinski definition) is 2. The second-order valence-electron chi connectivity index (χ2n) is 4.37. The highest BCUT2D eigenvalue weighted by Gasteiger charge is 2.10. The summed E-state index contributed by atoms with van der Waals surface area (Å²) in [6, 6.07) is 0.526. The van der Waals surface area contributed by atoms with Crippen molar-refractivity contribution in [2.75, 3.05) is 6.54 Å². The number of hydrogen-bond donors (Lipinski definition) is 1. The molecule has 0 aliphatic heterocycles. The van der Waals surface area contributed by atoms with Gasteiger partial charge in [0.1, 0.15) is 5.78 Å². The third-order valence-corrected chi connectivity index (χ3v) is 2.42. The van der Waals surface area contributed by atoms with Crippen LogP contribution in [-0.4, -0.2) is 18.4 Å². The minimum absolute atomic E-state index is 0.263. The lowest BCUT2D eigenvalue weighted by molar-refractivity contribution is -0.122. The summed E-state index contributed by atoms with van der Waals surface area (Å²) in [5, 5.41) is 3.32. The lowest BCUT2D eigenvalue weighted by atomic mass is 9.98. The highest BCUT2D eigenvalue weighted by molar-refractivity contribution is 5.80. The zero-order valence-electron chi connectivity index (χ0n) is 10.1. The fraction of sp³-hybridized carbons (Fsp3) is 0.917. The summed E-state index contributed by atoms with van der Waals surface area (Å²) in [6.45, 7) is 9.39. The maximum atomic E-state index is 11.5. The van der Waals surface area contributed by atoms with Gasteiger partial charge in [-0.1, -0.05) is 34.1 Å². The van der Waals surface area contributed by atoms with Gasteiger partial charge in [-0.2, -0.15) is 0 Å². The van der Waals surface area contributed by atoms with Crippen molar-refractivity contribution in [1.29, 1.82) is 0 Å². The first-order valence-electron chi connectivity index (χ1n) is 5.84. The van der Waals surface area contributed by atoms with Crippen molar-refractivity contribution in [3.05, 3.63) is 0 Å². The summed E-state index contributed by atoms with van der Waals surface area (Å²) in [4.78, 5) is 11.5. The Balaban J connectivity index is 3.44. The van der Waals surface area contributed by atoms with Gasteiger partial charge in [0.25, 0.3) is 0 Å². The van der Waals surface area contributed by atoms with Gasteiger partial charge in [-0.3, -0.25) is 4.79 Å². The first-order valence-corrected chi connectivity index (χ1v) is 5.84. The molecule has 2 nitrogen and oxygen atoms in total. The maximum absolute atomic E-state index is 11.5. The molecule has 0 aromatic carbocycles. The zero-order chi connectivity index (χ0) is 11.0. The number of rotatable bonds is 8. The number of carbonyl (C=O) groups is 1. The van der Waals surface area contributed by atoms with Crippen molar-refractivity contribution in [3.63, 3.8) is 0 Å². The summed E-state index contributed by atoms with van der Waals surface area (Å²) in [5.74, 6) is 0.691. The Labute approximate surface area is 88.5 Å². The van der Waals surface area contributed by atoms with E-state index in [2.05, 4.69) is 26.1 Å². The van der Waals surface area contributed by atoms with E-state index in [4.69, 9.17) is 0 Å². The standard InChI is InChI=1S/C12H25NO/c1-5-7-11(4)12(14)8-6-9-13-10(2)3/h10-11,13H,5-9H2,1-4H3. The molecule has 0 spiro atoms. The van der Waals surface area contributed by atoms with Gasteiger partial charge >= 0.3 is 0 Å². The lowest BCUT2D eigenvalue weighted by Crippen LogP contribution is -2.24. The van der Waals surface area contributed by atoms with E-state index in [0.717, 1.165) is 32.2 Å². The van der Waals surface area contributed by atoms with Gasteiger partial charge in [0.05, 0.1) is 0 Å². The highest BCUT2D eigenvalue weighted by Crippen LogP contribution is 2.09. The van der Waals surface area contributed by atoms with Crippen molar-refractivity contribution < 1.29 is 4.79 Å². The fourth-order valence-corrected chi connectivity index (χ4v) is 1.49. The highest BCUT2D eigenvalue weighted by atomic mass is 16.1. The van der Waals surface area contributed by atoms with E-state index in [1.807, 2.05) is 6.92 Å². The van der Waals surface area contributed by atoms with E-state index in [1.54, 1.807) is 0 Å². The predicted octanol–water partition coefficient (Wildman–Crippen LogP) is 2.77. The number of Topliss-reactive ketones (excluding diaryl/α,β-unsaturated/α-hetero) is 1. The van der Waals surface area contributed by atoms with E-state index in [9.17, 15) is 4.79 Å². The molecule has 0 saturated carbocycles. The Morgan fingerprint density at radius 3 is 2.43 bits per heavy atom. The summed E-state index contributed by atoms with van der Waals surface area (Å²) < 4.78 is 0. The van der Waals surface area contributed by atoms with Crippen LogP contribution in [0.3, 0.4) is 0 Å².